The molecule has 214 valence electrons. The van der Waals surface area contributed by atoms with Crippen molar-refractivity contribution in [1.82, 2.24) is 19.1 Å². The van der Waals surface area contributed by atoms with Crippen molar-refractivity contribution >= 4 is 38.8 Å². The van der Waals surface area contributed by atoms with Crippen molar-refractivity contribution in [3.63, 3.8) is 0 Å². The summed E-state index contributed by atoms with van der Waals surface area (Å²) in [4.78, 5) is 10.7. The van der Waals surface area contributed by atoms with Crippen molar-refractivity contribution in [3.05, 3.63) is 151 Å². The Balaban J connectivity index is 1.31. The number of rotatable bonds is 4. The van der Waals surface area contributed by atoms with Crippen LogP contribution in [0.4, 0.5) is 0 Å². The minimum Gasteiger partial charge on any atom is -0.316 e. The molecule has 0 bridgehead atoms. The highest BCUT2D eigenvalue weighted by atomic mass is 15.2. The highest BCUT2D eigenvalue weighted by Crippen LogP contribution is 2.43. The topological polar surface area (TPSA) is 35.6 Å². The van der Waals surface area contributed by atoms with Gasteiger partial charge in [0.2, 0.25) is 5.95 Å². The third kappa shape index (κ3) is 3.92. The van der Waals surface area contributed by atoms with Gasteiger partial charge in [-0.3, -0.25) is 4.57 Å². The van der Waals surface area contributed by atoms with E-state index >= 15 is 0 Å². The lowest BCUT2D eigenvalue weighted by molar-refractivity contribution is 0.677. The minimum absolute atomic E-state index is 0.178. The van der Waals surface area contributed by atoms with Gasteiger partial charge in [0, 0.05) is 44.6 Å². The van der Waals surface area contributed by atoms with Crippen LogP contribution in [-0.2, 0) is 5.41 Å². The Morgan fingerprint density at radius 3 is 2.04 bits per heavy atom. The Labute approximate surface area is 261 Å². The van der Waals surface area contributed by atoms with Crippen LogP contribution >= 0.6 is 0 Å². The number of para-hydroxylation sites is 2. The Hall–Kier alpha value is -5.74. The number of nitrogens with zero attached hydrogens (tertiary/aromatic N) is 4. The first kappa shape index (κ1) is 25.7. The zero-order valence-electron chi connectivity index (χ0n) is 25.1. The van der Waals surface area contributed by atoms with Gasteiger partial charge in [-0.15, -0.1) is 0 Å². The van der Waals surface area contributed by atoms with Crippen molar-refractivity contribution in [2.45, 2.75) is 19.3 Å². The van der Waals surface area contributed by atoms with Crippen molar-refractivity contribution in [3.8, 4) is 34.0 Å². The highest BCUT2D eigenvalue weighted by molar-refractivity contribution is 6.18. The fourth-order valence-electron chi connectivity index (χ4n) is 7.05. The van der Waals surface area contributed by atoms with Crippen LogP contribution in [0.1, 0.15) is 25.1 Å². The number of fused-ring (bicyclic) bond motifs is 6. The molecule has 45 heavy (non-hydrogen) atoms. The Bertz CT molecular complexity index is 2430. The first-order chi connectivity index (χ1) is 22.1. The summed E-state index contributed by atoms with van der Waals surface area (Å²) >= 11 is 0. The van der Waals surface area contributed by atoms with Crippen molar-refractivity contribution < 1.29 is 0 Å². The van der Waals surface area contributed by atoms with Crippen molar-refractivity contribution in [2.24, 2.45) is 0 Å². The minimum atomic E-state index is -0.178. The number of benzene rings is 5. The number of allylic oxidation sites excluding steroid dienone is 1. The molecule has 3 heterocycles. The molecule has 9 rings (SSSR count). The van der Waals surface area contributed by atoms with E-state index in [1.165, 1.54) is 32.8 Å². The lowest BCUT2D eigenvalue weighted by Gasteiger charge is -2.22. The molecule has 0 atom stereocenters. The van der Waals surface area contributed by atoms with Crippen LogP contribution in [0.15, 0.2) is 140 Å². The highest BCUT2D eigenvalue weighted by Gasteiger charge is 2.32. The molecular formula is C41H30N4. The Morgan fingerprint density at radius 1 is 0.556 bits per heavy atom. The Morgan fingerprint density at radius 2 is 1.24 bits per heavy atom. The number of hydrogen-bond acceptors (Lipinski definition) is 2. The van der Waals surface area contributed by atoms with Gasteiger partial charge < -0.3 is 4.57 Å². The molecule has 0 unspecified atom stereocenters. The molecule has 0 aliphatic heterocycles. The van der Waals surface area contributed by atoms with Gasteiger partial charge in [0.25, 0.3) is 0 Å². The van der Waals surface area contributed by atoms with Gasteiger partial charge in [0.15, 0.2) is 0 Å². The maximum atomic E-state index is 5.43. The first-order valence-electron chi connectivity index (χ1n) is 15.4. The van der Waals surface area contributed by atoms with E-state index < -0.39 is 0 Å². The second-order valence-corrected chi connectivity index (χ2v) is 12.4. The largest absolute Gasteiger partial charge is 0.316 e. The molecule has 1 aliphatic carbocycles. The summed E-state index contributed by atoms with van der Waals surface area (Å²) in [5.41, 5.74) is 10.9. The van der Waals surface area contributed by atoms with Crippen LogP contribution in [0, 0.1) is 0 Å². The van der Waals surface area contributed by atoms with E-state index in [0.29, 0.717) is 5.95 Å². The summed E-state index contributed by atoms with van der Waals surface area (Å²) in [5, 5.41) is 3.55. The van der Waals surface area contributed by atoms with E-state index in [1.807, 2.05) is 0 Å². The maximum absolute atomic E-state index is 5.43. The molecule has 0 saturated heterocycles. The molecule has 8 aromatic rings. The SMILES string of the molecule is CC1(C)C=Cc2nc(-n3c4ccccc4c4ccc5c(ccn5-c5ccccc5)c43)nc(-c3ccc(-c4ccccc4)cc3)c21. The van der Waals surface area contributed by atoms with Crippen LogP contribution in [0.2, 0.25) is 0 Å². The quantitative estimate of drug-likeness (QED) is 0.208. The fourth-order valence-corrected chi connectivity index (χ4v) is 7.05. The monoisotopic (exact) mass is 578 g/mol. The second-order valence-electron chi connectivity index (χ2n) is 12.4. The van der Waals surface area contributed by atoms with Gasteiger partial charge in [0.1, 0.15) is 0 Å². The summed E-state index contributed by atoms with van der Waals surface area (Å²) in [7, 11) is 0. The van der Waals surface area contributed by atoms with Gasteiger partial charge in [-0.25, -0.2) is 9.97 Å². The number of aromatic nitrogens is 4. The summed E-state index contributed by atoms with van der Waals surface area (Å²) < 4.78 is 4.52. The fraction of sp³-hybridized carbons (Fsp3) is 0.0732. The summed E-state index contributed by atoms with van der Waals surface area (Å²) in [6.45, 7) is 4.49. The van der Waals surface area contributed by atoms with Crippen molar-refractivity contribution in [2.75, 3.05) is 0 Å². The summed E-state index contributed by atoms with van der Waals surface area (Å²) in [6, 6.07) is 45.1. The van der Waals surface area contributed by atoms with Crippen LogP contribution < -0.4 is 0 Å². The molecule has 4 nitrogen and oxygen atoms in total. The predicted octanol–water partition coefficient (Wildman–Crippen LogP) is 10.2. The maximum Gasteiger partial charge on any atom is 0.235 e. The van der Waals surface area contributed by atoms with Gasteiger partial charge in [-0.2, -0.15) is 0 Å². The van der Waals surface area contributed by atoms with Gasteiger partial charge >= 0.3 is 0 Å². The lowest BCUT2D eigenvalue weighted by Crippen LogP contribution is -2.16. The molecule has 0 fully saturated rings. The zero-order valence-corrected chi connectivity index (χ0v) is 25.1. The van der Waals surface area contributed by atoms with Crippen LogP contribution in [0.3, 0.4) is 0 Å². The smallest absolute Gasteiger partial charge is 0.235 e. The van der Waals surface area contributed by atoms with E-state index in [9.17, 15) is 0 Å². The molecule has 0 saturated carbocycles. The van der Waals surface area contributed by atoms with E-state index in [2.05, 4.69) is 169 Å². The number of hydrogen-bond donors (Lipinski definition) is 0. The van der Waals surface area contributed by atoms with Crippen molar-refractivity contribution in [1.29, 1.82) is 0 Å². The molecule has 0 spiro atoms. The van der Waals surface area contributed by atoms with E-state index in [0.717, 1.165) is 39.2 Å². The third-order valence-corrected chi connectivity index (χ3v) is 9.23. The molecule has 0 radical (unpaired) electrons. The molecule has 0 N–H and O–H groups in total. The zero-order chi connectivity index (χ0) is 30.1. The van der Waals surface area contributed by atoms with Crippen LogP contribution in [-0.4, -0.2) is 19.1 Å². The third-order valence-electron chi connectivity index (χ3n) is 9.23. The normalized spacial score (nSPS) is 13.6. The summed E-state index contributed by atoms with van der Waals surface area (Å²) in [5.74, 6) is 0.685. The molecule has 5 aromatic carbocycles. The average Bonchev–Trinajstić information content (AvgIpc) is 3.76. The van der Waals surface area contributed by atoms with Crippen LogP contribution in [0.25, 0.3) is 72.8 Å². The van der Waals surface area contributed by atoms with E-state index in [4.69, 9.17) is 9.97 Å². The molecular weight excluding hydrogens is 548 g/mol. The molecule has 0 amide bonds. The predicted molar refractivity (Wildman–Crippen MR) is 186 cm³/mol. The average molecular weight is 579 g/mol. The first-order valence-corrected chi connectivity index (χ1v) is 15.4. The second kappa shape index (κ2) is 9.63. The van der Waals surface area contributed by atoms with E-state index in [1.54, 1.807) is 0 Å². The van der Waals surface area contributed by atoms with E-state index in [-0.39, 0.29) is 5.41 Å². The molecule has 1 aliphatic rings. The van der Waals surface area contributed by atoms with Gasteiger partial charge in [0.05, 0.1) is 27.9 Å². The standard InChI is InChI=1S/C41H30N4/c1-41(2)25-23-34-37(41)38(29-19-17-28(18-20-29)27-11-5-3-6-12-27)43-40(42-34)45-36-16-10-9-15-31(36)32-21-22-35-33(39(32)45)24-26-44(35)30-13-7-4-8-14-30/h3-26H,1-2H3. The summed E-state index contributed by atoms with van der Waals surface area (Å²) in [6.07, 6.45) is 6.58. The molecule has 3 aromatic heterocycles. The van der Waals surface area contributed by atoms with Crippen LogP contribution in [0.5, 0.6) is 0 Å². The lowest BCUT2D eigenvalue weighted by atomic mass is 9.85. The van der Waals surface area contributed by atoms with Gasteiger partial charge in [-0.05, 0) is 47.5 Å². The van der Waals surface area contributed by atoms with Gasteiger partial charge in [-0.1, -0.05) is 117 Å². The molecule has 4 heteroatoms. The Kier molecular flexibility index (Phi) is 5.51.